The van der Waals surface area contributed by atoms with Crippen LogP contribution >= 0.6 is 0 Å². The second kappa shape index (κ2) is 13.3. The fraction of sp³-hybridized carbons (Fsp3) is 0.250. The van der Waals surface area contributed by atoms with Crippen LogP contribution in [0.4, 0.5) is 32.2 Å². The number of ether oxygens (including phenoxy) is 2. The number of pyridine rings is 1. The Balaban J connectivity index is 0.000000367. The molecule has 18 heteroatoms. The number of halogens is 6. The number of nitrogens with two attached hydrogens (primary N) is 1. The van der Waals surface area contributed by atoms with Crippen LogP contribution in [0.3, 0.4) is 0 Å². The fourth-order valence-corrected chi connectivity index (χ4v) is 3.47. The summed E-state index contributed by atoms with van der Waals surface area (Å²) in [7, 11) is 1.30. The number of aromatic nitrogens is 3. The monoisotopic (exact) mass is 603 g/mol. The lowest BCUT2D eigenvalue weighted by molar-refractivity contribution is -0.193. The van der Waals surface area contributed by atoms with E-state index in [-0.39, 0.29) is 12.4 Å². The molecule has 0 atom stereocenters. The lowest BCUT2D eigenvalue weighted by atomic mass is 9.85. The number of methoxy groups -OCH3 is 1. The van der Waals surface area contributed by atoms with E-state index in [9.17, 15) is 36.4 Å². The number of para-hydroxylation sites is 1. The standard InChI is InChI=1S/C20H17N5O3.2C2HF3O2/c1-27-17(26)10-28-16-5-3-2-4-11(16)18-12-6-7-15-14(9-23-25-15)19(12)24-20(22)13(18)8-21;2*3-2(4,5)1(6)7/h2-5,9H,6-7,10H2,1H3,(H2,22,24)(H,23,25);2*(H,6,7). The van der Waals surface area contributed by atoms with Gasteiger partial charge in [-0.3, -0.25) is 5.10 Å². The van der Waals surface area contributed by atoms with Crippen molar-refractivity contribution in [2.75, 3.05) is 19.5 Å². The molecular weight excluding hydrogens is 584 g/mol. The van der Waals surface area contributed by atoms with Crippen LogP contribution in [0, 0.1) is 11.3 Å². The maximum Gasteiger partial charge on any atom is 0.490 e. The van der Waals surface area contributed by atoms with Crippen molar-refractivity contribution in [3.8, 4) is 34.2 Å². The summed E-state index contributed by atoms with van der Waals surface area (Å²) in [5, 5.41) is 31.1. The Kier molecular flexibility index (Phi) is 10.4. The van der Waals surface area contributed by atoms with E-state index in [2.05, 4.69) is 26.0 Å². The third-order valence-corrected chi connectivity index (χ3v) is 5.25. The summed E-state index contributed by atoms with van der Waals surface area (Å²) in [6.07, 6.45) is -7.03. The van der Waals surface area contributed by atoms with E-state index in [1.165, 1.54) is 7.11 Å². The van der Waals surface area contributed by atoms with Gasteiger partial charge < -0.3 is 25.4 Å². The molecular formula is C24H19F6N5O7. The molecule has 1 aromatic carbocycles. The zero-order chi connectivity index (χ0) is 31.8. The molecule has 5 N–H and O–H groups in total. The number of nitrogen functional groups attached to an aromatic ring is 1. The molecule has 1 aliphatic rings. The molecule has 2 aromatic heterocycles. The zero-order valence-corrected chi connectivity index (χ0v) is 21.1. The fourth-order valence-electron chi connectivity index (χ4n) is 3.47. The molecule has 1 aliphatic carbocycles. The molecule has 42 heavy (non-hydrogen) atoms. The SMILES string of the molecule is COC(=O)COc1ccccc1-c1c(C#N)c(N)nc2c1CCc1[nH]ncc1-2.O=C(O)C(F)(F)F.O=C(O)C(F)(F)F. The number of hydrogen-bond donors (Lipinski definition) is 4. The quantitative estimate of drug-likeness (QED) is 0.251. The van der Waals surface area contributed by atoms with Crippen molar-refractivity contribution in [3.05, 3.63) is 47.3 Å². The molecule has 0 spiro atoms. The van der Waals surface area contributed by atoms with Crippen molar-refractivity contribution in [1.29, 1.82) is 5.26 Å². The number of aromatic amines is 1. The van der Waals surface area contributed by atoms with E-state index in [1.807, 2.05) is 12.1 Å². The highest BCUT2D eigenvalue weighted by atomic mass is 19.4. The molecule has 0 saturated heterocycles. The number of rotatable bonds is 4. The summed E-state index contributed by atoms with van der Waals surface area (Å²) in [6.45, 7) is -0.232. The van der Waals surface area contributed by atoms with Crippen molar-refractivity contribution in [1.82, 2.24) is 15.2 Å². The van der Waals surface area contributed by atoms with Gasteiger partial charge in [0, 0.05) is 22.4 Å². The first kappa shape index (κ1) is 32.9. The van der Waals surface area contributed by atoms with E-state index >= 15 is 0 Å². The number of carboxylic acids is 2. The highest BCUT2D eigenvalue weighted by Crippen LogP contribution is 2.43. The molecule has 224 valence electrons. The minimum absolute atomic E-state index is 0.146. The van der Waals surface area contributed by atoms with Crippen molar-refractivity contribution >= 4 is 23.7 Å². The number of esters is 1. The summed E-state index contributed by atoms with van der Waals surface area (Å²) in [5.74, 6) is -5.39. The molecule has 0 unspecified atom stereocenters. The number of aryl methyl sites for hydroxylation is 1. The van der Waals surface area contributed by atoms with Crippen LogP contribution in [0.2, 0.25) is 0 Å². The van der Waals surface area contributed by atoms with Gasteiger partial charge in [0.05, 0.1) is 19.0 Å². The summed E-state index contributed by atoms with van der Waals surface area (Å²) in [6, 6.07) is 9.40. The number of anilines is 1. The van der Waals surface area contributed by atoms with E-state index in [0.29, 0.717) is 34.6 Å². The van der Waals surface area contributed by atoms with Crippen LogP contribution in [-0.4, -0.2) is 69.4 Å². The number of nitrogens with zero attached hydrogens (tertiary/aromatic N) is 3. The minimum atomic E-state index is -5.08. The Hall–Kier alpha value is -5.34. The van der Waals surface area contributed by atoms with Crippen LogP contribution in [0.15, 0.2) is 30.5 Å². The average Bonchev–Trinajstić information content (AvgIpc) is 3.40. The second-order valence-electron chi connectivity index (χ2n) is 7.92. The Morgan fingerprint density at radius 1 is 1.05 bits per heavy atom. The van der Waals surface area contributed by atoms with E-state index < -0.39 is 30.3 Å². The normalized spacial score (nSPS) is 11.7. The van der Waals surface area contributed by atoms with Crippen molar-refractivity contribution in [3.63, 3.8) is 0 Å². The predicted molar refractivity (Wildman–Crippen MR) is 129 cm³/mol. The molecule has 0 fully saturated rings. The van der Waals surface area contributed by atoms with Gasteiger partial charge >= 0.3 is 30.3 Å². The van der Waals surface area contributed by atoms with Gasteiger partial charge in [-0.25, -0.2) is 19.4 Å². The number of aliphatic carboxylic acids is 2. The molecule has 2 heterocycles. The molecule has 12 nitrogen and oxygen atoms in total. The number of carboxylic acid groups (broad SMARTS) is 2. The van der Waals surface area contributed by atoms with E-state index in [1.54, 1.807) is 18.3 Å². The highest BCUT2D eigenvalue weighted by Gasteiger charge is 2.39. The van der Waals surface area contributed by atoms with E-state index in [4.69, 9.17) is 30.3 Å². The third-order valence-electron chi connectivity index (χ3n) is 5.25. The maximum atomic E-state index is 11.5. The average molecular weight is 603 g/mol. The number of carbonyl (C=O) groups is 3. The van der Waals surface area contributed by atoms with Gasteiger partial charge in [0.15, 0.2) is 6.61 Å². The van der Waals surface area contributed by atoms with Crippen molar-refractivity contribution in [2.45, 2.75) is 25.2 Å². The summed E-state index contributed by atoms with van der Waals surface area (Å²) >= 11 is 0. The Labute approximate surface area is 231 Å². The maximum absolute atomic E-state index is 11.5. The lowest BCUT2D eigenvalue weighted by Gasteiger charge is -2.22. The van der Waals surface area contributed by atoms with Gasteiger partial charge in [-0.2, -0.15) is 36.7 Å². The molecule has 0 saturated carbocycles. The second-order valence-corrected chi connectivity index (χ2v) is 7.92. The number of alkyl halides is 6. The molecule has 3 aromatic rings. The van der Waals surface area contributed by atoms with Crippen molar-refractivity contribution in [2.24, 2.45) is 0 Å². The van der Waals surface area contributed by atoms with Gasteiger partial charge in [-0.15, -0.1) is 0 Å². The molecule has 4 rings (SSSR count). The van der Waals surface area contributed by atoms with Gasteiger partial charge in [0.1, 0.15) is 23.2 Å². The summed E-state index contributed by atoms with van der Waals surface area (Å²) in [5.41, 5.74) is 11.3. The summed E-state index contributed by atoms with van der Waals surface area (Å²) in [4.78, 5) is 33.8. The molecule has 0 aliphatic heterocycles. The van der Waals surface area contributed by atoms with Crippen LogP contribution in [0.1, 0.15) is 16.8 Å². The Morgan fingerprint density at radius 2 is 1.62 bits per heavy atom. The third kappa shape index (κ3) is 8.09. The first-order valence-corrected chi connectivity index (χ1v) is 11.2. The van der Waals surface area contributed by atoms with Crippen LogP contribution in [0.25, 0.3) is 22.4 Å². The van der Waals surface area contributed by atoms with E-state index in [0.717, 1.165) is 23.2 Å². The minimum Gasteiger partial charge on any atom is -0.481 e. The molecule has 0 amide bonds. The van der Waals surface area contributed by atoms with Crippen molar-refractivity contribution < 1.29 is 60.4 Å². The van der Waals surface area contributed by atoms with Crippen LogP contribution in [-0.2, 0) is 32.0 Å². The lowest BCUT2D eigenvalue weighted by Crippen LogP contribution is -2.21. The van der Waals surface area contributed by atoms with Gasteiger partial charge in [-0.05, 0) is 24.5 Å². The number of benzene rings is 1. The summed E-state index contributed by atoms with van der Waals surface area (Å²) < 4.78 is 73.8. The Morgan fingerprint density at radius 3 is 2.14 bits per heavy atom. The number of carbonyl (C=O) groups excluding carboxylic acids is 1. The number of fused-ring (bicyclic) bond motifs is 3. The zero-order valence-electron chi connectivity index (χ0n) is 21.1. The number of nitrogens with one attached hydrogen (secondary N) is 1. The molecule has 0 bridgehead atoms. The Bertz CT molecular complexity index is 1490. The van der Waals surface area contributed by atoms with Gasteiger partial charge in [0.25, 0.3) is 0 Å². The van der Waals surface area contributed by atoms with Gasteiger partial charge in [-0.1, -0.05) is 18.2 Å². The first-order valence-electron chi connectivity index (χ1n) is 11.2. The van der Waals surface area contributed by atoms with Crippen LogP contribution < -0.4 is 10.5 Å². The highest BCUT2D eigenvalue weighted by molar-refractivity contribution is 5.88. The molecule has 0 radical (unpaired) electrons. The topological polar surface area (TPSA) is 202 Å². The number of H-pyrrole nitrogens is 1. The van der Waals surface area contributed by atoms with Gasteiger partial charge in [0.2, 0.25) is 0 Å². The number of nitriles is 1. The largest absolute Gasteiger partial charge is 0.490 e. The smallest absolute Gasteiger partial charge is 0.481 e. The number of hydrogen-bond acceptors (Lipinski definition) is 9. The predicted octanol–water partition coefficient (Wildman–Crippen LogP) is 3.51. The first-order chi connectivity index (χ1) is 19.5. The van der Waals surface area contributed by atoms with Crippen LogP contribution in [0.5, 0.6) is 5.75 Å².